The molecule has 0 aliphatic heterocycles. The largest absolute Gasteiger partial charge is 0.392 e. The third-order valence-corrected chi connectivity index (χ3v) is 4.58. The number of hydrogen-bond acceptors (Lipinski definition) is 4. The molecule has 0 radical (unpaired) electrons. The van der Waals surface area contributed by atoms with Gasteiger partial charge in [-0.15, -0.1) is 0 Å². The summed E-state index contributed by atoms with van der Waals surface area (Å²) in [6, 6.07) is 8.60. The minimum Gasteiger partial charge on any atom is -0.392 e. The van der Waals surface area contributed by atoms with Gasteiger partial charge in [0.05, 0.1) is 23.4 Å². The molecule has 2 amide bonds. The van der Waals surface area contributed by atoms with Crippen LogP contribution in [0.5, 0.6) is 0 Å². The predicted molar refractivity (Wildman–Crippen MR) is 92.0 cm³/mol. The highest BCUT2D eigenvalue weighted by Gasteiger charge is 2.40. The number of pyridine rings is 1. The summed E-state index contributed by atoms with van der Waals surface area (Å²) in [7, 11) is 0. The molecule has 8 heteroatoms. The molecule has 1 aliphatic rings. The van der Waals surface area contributed by atoms with E-state index < -0.39 is 35.6 Å². The smallest absolute Gasteiger partial charge is 0.255 e. The van der Waals surface area contributed by atoms with Crippen LogP contribution in [0.15, 0.2) is 47.4 Å². The molecule has 1 fully saturated rings. The molecule has 1 aromatic carbocycles. The molecule has 1 saturated carbocycles. The van der Waals surface area contributed by atoms with Crippen molar-refractivity contribution < 1.29 is 19.1 Å². The molecule has 26 heavy (non-hydrogen) atoms. The van der Waals surface area contributed by atoms with Crippen molar-refractivity contribution in [3.63, 3.8) is 0 Å². The molecule has 1 aliphatic carbocycles. The highest BCUT2D eigenvalue weighted by molar-refractivity contribution is 5.93. The molecule has 4 N–H and O–H groups in total. The number of aliphatic hydroxyl groups excluding tert-OH is 1. The van der Waals surface area contributed by atoms with Gasteiger partial charge in [-0.1, -0.05) is 6.07 Å². The second kappa shape index (κ2) is 7.09. The lowest BCUT2D eigenvalue weighted by atomic mass is 10.0. The Balaban J connectivity index is 1.75. The van der Waals surface area contributed by atoms with Crippen molar-refractivity contribution in [2.75, 3.05) is 5.32 Å². The maximum Gasteiger partial charge on any atom is 0.255 e. The van der Waals surface area contributed by atoms with Crippen LogP contribution in [-0.4, -0.2) is 27.6 Å². The number of aromatic nitrogens is 1. The van der Waals surface area contributed by atoms with E-state index in [9.17, 15) is 23.9 Å². The van der Waals surface area contributed by atoms with E-state index >= 15 is 0 Å². The van der Waals surface area contributed by atoms with Gasteiger partial charge in [0.2, 0.25) is 11.8 Å². The molecule has 1 heterocycles. The van der Waals surface area contributed by atoms with Gasteiger partial charge in [0.25, 0.3) is 5.56 Å². The number of nitrogens with zero attached hydrogens (tertiary/aromatic N) is 1. The molecule has 3 atom stereocenters. The fourth-order valence-electron chi connectivity index (χ4n) is 3.17. The first-order valence-electron chi connectivity index (χ1n) is 8.12. The number of nitrogens with two attached hydrogens (primary N) is 1. The number of halogens is 1. The quantitative estimate of drug-likeness (QED) is 0.748. The third-order valence-electron chi connectivity index (χ3n) is 4.58. The highest BCUT2D eigenvalue weighted by atomic mass is 19.1. The number of amides is 2. The van der Waals surface area contributed by atoms with Gasteiger partial charge >= 0.3 is 0 Å². The van der Waals surface area contributed by atoms with Crippen molar-refractivity contribution in [3.8, 4) is 5.69 Å². The minimum absolute atomic E-state index is 0.0419. The summed E-state index contributed by atoms with van der Waals surface area (Å²) in [5.41, 5.74) is 5.18. The number of rotatable bonds is 4. The Morgan fingerprint density at radius 1 is 1.23 bits per heavy atom. The molecule has 1 aromatic heterocycles. The van der Waals surface area contributed by atoms with Gasteiger partial charge in [0.1, 0.15) is 5.82 Å². The first-order chi connectivity index (χ1) is 12.4. The number of aliphatic hydroxyl groups is 1. The van der Waals surface area contributed by atoms with Crippen LogP contribution < -0.4 is 16.6 Å². The minimum atomic E-state index is -0.972. The number of carbonyl (C=O) groups is 2. The van der Waals surface area contributed by atoms with Gasteiger partial charge in [0.15, 0.2) is 0 Å². The van der Waals surface area contributed by atoms with E-state index in [0.717, 1.165) is 6.07 Å². The van der Waals surface area contributed by atoms with Crippen molar-refractivity contribution in [3.05, 3.63) is 58.8 Å². The van der Waals surface area contributed by atoms with Crippen LogP contribution in [0.1, 0.15) is 12.8 Å². The zero-order valence-electron chi connectivity index (χ0n) is 13.8. The lowest BCUT2D eigenvalue weighted by Crippen LogP contribution is -2.29. The Morgan fingerprint density at radius 3 is 2.62 bits per heavy atom. The standard InChI is InChI=1S/C18H18FN3O4/c19-13-9-11(22-6-2-1-3-16(22)24)4-5-14(13)21-18(26)10-7-12(17(20)25)15(23)8-10/h1-6,9-10,12,15,23H,7-8H2,(H2,20,25)(H,21,26). The molecule has 0 spiro atoms. The lowest BCUT2D eigenvalue weighted by molar-refractivity contribution is -0.124. The second-order valence-electron chi connectivity index (χ2n) is 6.31. The van der Waals surface area contributed by atoms with E-state index in [2.05, 4.69) is 5.32 Å². The predicted octanol–water partition coefficient (Wildman–Crippen LogP) is 0.787. The molecular weight excluding hydrogens is 341 g/mol. The number of carbonyl (C=O) groups excluding carboxylic acids is 2. The number of nitrogens with one attached hydrogen (secondary N) is 1. The summed E-state index contributed by atoms with van der Waals surface area (Å²) in [5, 5.41) is 12.3. The SMILES string of the molecule is NC(=O)C1CC(C(=O)Nc2ccc(-n3ccccc3=O)cc2F)CC1O. The van der Waals surface area contributed by atoms with Gasteiger partial charge < -0.3 is 16.2 Å². The Bertz CT molecular complexity index is 911. The Labute approximate surface area is 148 Å². The number of hydrogen-bond donors (Lipinski definition) is 3. The first-order valence-corrected chi connectivity index (χ1v) is 8.12. The fraction of sp³-hybridized carbons (Fsp3) is 0.278. The van der Waals surface area contributed by atoms with Crippen LogP contribution in [0, 0.1) is 17.7 Å². The molecule has 3 rings (SSSR count). The van der Waals surface area contributed by atoms with Crippen molar-refractivity contribution in [1.82, 2.24) is 4.57 Å². The monoisotopic (exact) mass is 359 g/mol. The molecular formula is C18H18FN3O4. The molecule has 7 nitrogen and oxygen atoms in total. The number of primary amides is 1. The molecule has 2 aromatic rings. The summed E-state index contributed by atoms with van der Waals surface area (Å²) >= 11 is 0. The summed E-state index contributed by atoms with van der Waals surface area (Å²) in [6.07, 6.45) is 0.764. The Kier molecular flexibility index (Phi) is 4.85. The zero-order chi connectivity index (χ0) is 18.8. The number of benzene rings is 1. The Hall–Kier alpha value is -3.00. The average Bonchev–Trinajstić information content (AvgIpc) is 2.99. The van der Waals surface area contributed by atoms with Gasteiger partial charge in [-0.2, -0.15) is 0 Å². The maximum absolute atomic E-state index is 14.3. The Morgan fingerprint density at radius 2 is 2.00 bits per heavy atom. The van der Waals surface area contributed by atoms with Gasteiger partial charge in [-0.3, -0.25) is 19.0 Å². The normalized spacial score (nSPS) is 22.2. The van der Waals surface area contributed by atoms with E-state index in [1.165, 1.54) is 29.0 Å². The summed E-state index contributed by atoms with van der Waals surface area (Å²) < 4.78 is 15.6. The topological polar surface area (TPSA) is 114 Å². The summed E-state index contributed by atoms with van der Waals surface area (Å²) in [4.78, 5) is 35.3. The number of anilines is 1. The molecule has 0 saturated heterocycles. The van der Waals surface area contributed by atoms with Crippen LogP contribution in [0.2, 0.25) is 0 Å². The van der Waals surface area contributed by atoms with Crippen LogP contribution in [0.4, 0.5) is 10.1 Å². The van der Waals surface area contributed by atoms with E-state index in [1.54, 1.807) is 12.1 Å². The molecule has 0 bridgehead atoms. The van der Waals surface area contributed by atoms with Crippen molar-refractivity contribution >= 4 is 17.5 Å². The zero-order valence-corrected chi connectivity index (χ0v) is 13.8. The van der Waals surface area contributed by atoms with Crippen molar-refractivity contribution in [1.29, 1.82) is 0 Å². The van der Waals surface area contributed by atoms with E-state index in [0.29, 0.717) is 5.69 Å². The summed E-state index contributed by atoms with van der Waals surface area (Å²) in [6.45, 7) is 0. The lowest BCUT2D eigenvalue weighted by Gasteiger charge is -2.12. The maximum atomic E-state index is 14.3. The van der Waals surface area contributed by atoms with E-state index in [-0.39, 0.29) is 24.1 Å². The first kappa shape index (κ1) is 17.8. The molecule has 3 unspecified atom stereocenters. The average molecular weight is 359 g/mol. The third kappa shape index (κ3) is 3.50. The summed E-state index contributed by atoms with van der Waals surface area (Å²) in [5.74, 6) is -3.24. The highest BCUT2D eigenvalue weighted by Crippen LogP contribution is 2.32. The van der Waals surface area contributed by atoms with Gasteiger partial charge in [0, 0.05) is 24.2 Å². The van der Waals surface area contributed by atoms with E-state index in [1.807, 2.05) is 0 Å². The van der Waals surface area contributed by atoms with Gasteiger partial charge in [-0.25, -0.2) is 4.39 Å². The van der Waals surface area contributed by atoms with Crippen molar-refractivity contribution in [2.24, 2.45) is 17.6 Å². The van der Waals surface area contributed by atoms with Crippen LogP contribution in [0.25, 0.3) is 5.69 Å². The van der Waals surface area contributed by atoms with Gasteiger partial charge in [-0.05, 0) is 31.0 Å². The van der Waals surface area contributed by atoms with Crippen LogP contribution in [-0.2, 0) is 9.59 Å². The van der Waals surface area contributed by atoms with Crippen LogP contribution in [0.3, 0.4) is 0 Å². The molecule has 136 valence electrons. The van der Waals surface area contributed by atoms with E-state index in [4.69, 9.17) is 5.73 Å². The fourth-order valence-corrected chi connectivity index (χ4v) is 3.17. The van der Waals surface area contributed by atoms with Crippen LogP contribution >= 0.6 is 0 Å². The van der Waals surface area contributed by atoms with Crippen molar-refractivity contribution in [2.45, 2.75) is 18.9 Å². The second-order valence-corrected chi connectivity index (χ2v) is 6.31.